The van der Waals surface area contributed by atoms with Crippen molar-refractivity contribution in [3.05, 3.63) is 65.7 Å². The number of ether oxygens (including phenoxy) is 1. The van der Waals surface area contributed by atoms with Gasteiger partial charge in [0.1, 0.15) is 5.75 Å². The van der Waals surface area contributed by atoms with Crippen LogP contribution in [0.4, 0.5) is 0 Å². The average Bonchev–Trinajstić information content (AvgIpc) is 2.55. The molecule has 126 valence electrons. The zero-order valence-corrected chi connectivity index (χ0v) is 13.8. The van der Waals surface area contributed by atoms with E-state index in [9.17, 15) is 14.7 Å². The fourth-order valence-electron chi connectivity index (χ4n) is 2.36. The van der Waals surface area contributed by atoms with Crippen LogP contribution < -0.4 is 4.74 Å². The summed E-state index contributed by atoms with van der Waals surface area (Å²) in [7, 11) is 3.80. The standard InChI is InChI=1S/C19H21NO4/c1-20(2)12-11-17(18(21)22)15-9-6-10-16(13-15)24-19(23)14-7-4-3-5-8-14/h3-10,13,17H,11-12H2,1-2H3,(H,21,22). The number of hydrogen-bond acceptors (Lipinski definition) is 4. The molecule has 2 aromatic carbocycles. The van der Waals surface area contributed by atoms with E-state index in [1.54, 1.807) is 48.5 Å². The molecule has 1 unspecified atom stereocenters. The molecular weight excluding hydrogens is 306 g/mol. The van der Waals surface area contributed by atoms with Crippen LogP contribution >= 0.6 is 0 Å². The molecule has 0 radical (unpaired) electrons. The highest BCUT2D eigenvalue weighted by Gasteiger charge is 2.20. The smallest absolute Gasteiger partial charge is 0.343 e. The SMILES string of the molecule is CN(C)CCC(C(=O)O)c1cccc(OC(=O)c2ccccc2)c1. The van der Waals surface area contributed by atoms with Gasteiger partial charge in [0.05, 0.1) is 11.5 Å². The van der Waals surface area contributed by atoms with Gasteiger partial charge >= 0.3 is 11.9 Å². The van der Waals surface area contributed by atoms with Crippen molar-refractivity contribution in [2.45, 2.75) is 12.3 Å². The second kappa shape index (κ2) is 8.26. The van der Waals surface area contributed by atoms with Crippen molar-refractivity contribution in [1.29, 1.82) is 0 Å². The summed E-state index contributed by atoms with van der Waals surface area (Å²) in [6.07, 6.45) is 0.485. The Labute approximate surface area is 141 Å². The van der Waals surface area contributed by atoms with Gasteiger partial charge in [-0.3, -0.25) is 4.79 Å². The van der Waals surface area contributed by atoms with Gasteiger partial charge in [-0.15, -0.1) is 0 Å². The topological polar surface area (TPSA) is 66.8 Å². The van der Waals surface area contributed by atoms with Gasteiger partial charge in [0.15, 0.2) is 0 Å². The molecule has 0 aliphatic heterocycles. The van der Waals surface area contributed by atoms with Crippen LogP contribution in [-0.2, 0) is 4.79 Å². The minimum atomic E-state index is -0.886. The number of carboxylic acid groups (broad SMARTS) is 1. The zero-order valence-electron chi connectivity index (χ0n) is 13.8. The summed E-state index contributed by atoms with van der Waals surface area (Å²) < 4.78 is 5.35. The quantitative estimate of drug-likeness (QED) is 0.625. The molecule has 1 atom stereocenters. The van der Waals surface area contributed by atoms with Crippen LogP contribution in [0.3, 0.4) is 0 Å². The molecule has 2 aromatic rings. The number of carboxylic acids is 1. The molecule has 5 nitrogen and oxygen atoms in total. The Hall–Kier alpha value is -2.66. The zero-order chi connectivity index (χ0) is 17.5. The number of nitrogens with zero attached hydrogens (tertiary/aromatic N) is 1. The lowest BCUT2D eigenvalue weighted by Gasteiger charge is -2.16. The monoisotopic (exact) mass is 327 g/mol. The average molecular weight is 327 g/mol. The van der Waals surface area contributed by atoms with Crippen LogP contribution in [-0.4, -0.2) is 42.6 Å². The number of carbonyl (C=O) groups excluding carboxylic acids is 1. The second-order valence-electron chi connectivity index (χ2n) is 5.81. The predicted molar refractivity (Wildman–Crippen MR) is 91.4 cm³/mol. The summed E-state index contributed by atoms with van der Waals surface area (Å²) in [4.78, 5) is 25.6. The molecule has 2 rings (SSSR count). The fourth-order valence-corrected chi connectivity index (χ4v) is 2.36. The Morgan fingerprint density at radius 3 is 2.42 bits per heavy atom. The summed E-state index contributed by atoms with van der Waals surface area (Å²) in [5.74, 6) is -1.64. The largest absolute Gasteiger partial charge is 0.481 e. The Kier molecular flexibility index (Phi) is 6.09. The number of esters is 1. The lowest BCUT2D eigenvalue weighted by atomic mass is 9.95. The Bertz CT molecular complexity index is 698. The molecule has 0 amide bonds. The van der Waals surface area contributed by atoms with E-state index >= 15 is 0 Å². The lowest BCUT2D eigenvalue weighted by molar-refractivity contribution is -0.139. The molecule has 0 fully saturated rings. The van der Waals surface area contributed by atoms with Gasteiger partial charge in [-0.05, 0) is 56.9 Å². The highest BCUT2D eigenvalue weighted by molar-refractivity contribution is 5.91. The van der Waals surface area contributed by atoms with Crippen molar-refractivity contribution >= 4 is 11.9 Å². The number of carbonyl (C=O) groups is 2. The number of aliphatic carboxylic acids is 1. The summed E-state index contributed by atoms with van der Waals surface area (Å²) >= 11 is 0. The van der Waals surface area contributed by atoms with E-state index < -0.39 is 17.9 Å². The summed E-state index contributed by atoms with van der Waals surface area (Å²) in [6.45, 7) is 0.658. The molecule has 0 aromatic heterocycles. The molecule has 0 aliphatic carbocycles. The molecular formula is C19H21NO4. The van der Waals surface area contributed by atoms with Crippen molar-refractivity contribution in [2.75, 3.05) is 20.6 Å². The van der Waals surface area contributed by atoms with E-state index in [2.05, 4.69) is 0 Å². The third-order valence-electron chi connectivity index (χ3n) is 3.64. The van der Waals surface area contributed by atoms with Gasteiger partial charge in [-0.1, -0.05) is 30.3 Å². The summed E-state index contributed by atoms with van der Waals surface area (Å²) in [6, 6.07) is 15.4. The normalized spacial score (nSPS) is 12.0. The minimum absolute atomic E-state index is 0.345. The molecule has 0 bridgehead atoms. The van der Waals surface area contributed by atoms with Gasteiger partial charge in [-0.25, -0.2) is 4.79 Å². The van der Waals surface area contributed by atoms with Crippen molar-refractivity contribution in [3.8, 4) is 5.75 Å². The van der Waals surface area contributed by atoms with Gasteiger partial charge in [0.25, 0.3) is 0 Å². The Balaban J connectivity index is 2.15. The Morgan fingerprint density at radius 1 is 1.08 bits per heavy atom. The van der Waals surface area contributed by atoms with E-state index in [0.717, 1.165) is 0 Å². The maximum atomic E-state index is 12.1. The predicted octanol–water partition coefficient (Wildman–Crippen LogP) is 3.03. The van der Waals surface area contributed by atoms with Crippen molar-refractivity contribution in [3.63, 3.8) is 0 Å². The van der Waals surface area contributed by atoms with E-state index in [-0.39, 0.29) is 0 Å². The first-order valence-corrected chi connectivity index (χ1v) is 7.72. The van der Waals surface area contributed by atoms with Crippen LogP contribution in [0.25, 0.3) is 0 Å². The Morgan fingerprint density at radius 2 is 1.79 bits per heavy atom. The molecule has 0 saturated carbocycles. The molecule has 5 heteroatoms. The third-order valence-corrected chi connectivity index (χ3v) is 3.64. The van der Waals surface area contributed by atoms with Crippen molar-refractivity contribution in [1.82, 2.24) is 4.90 Å². The molecule has 0 aliphatic rings. The highest BCUT2D eigenvalue weighted by Crippen LogP contribution is 2.25. The lowest BCUT2D eigenvalue weighted by Crippen LogP contribution is -2.20. The van der Waals surface area contributed by atoms with Gasteiger partial charge in [0.2, 0.25) is 0 Å². The first kappa shape index (κ1) is 17.7. The minimum Gasteiger partial charge on any atom is -0.481 e. The van der Waals surface area contributed by atoms with E-state index in [4.69, 9.17) is 4.74 Å². The number of rotatable bonds is 7. The van der Waals surface area contributed by atoms with E-state index in [1.807, 2.05) is 25.1 Å². The maximum Gasteiger partial charge on any atom is 0.343 e. The summed E-state index contributed by atoms with van der Waals surface area (Å²) in [5, 5.41) is 9.46. The van der Waals surface area contributed by atoms with Crippen molar-refractivity contribution < 1.29 is 19.4 Å². The summed E-state index contributed by atoms with van der Waals surface area (Å²) in [5.41, 5.74) is 1.08. The second-order valence-corrected chi connectivity index (χ2v) is 5.81. The first-order valence-electron chi connectivity index (χ1n) is 7.72. The van der Waals surface area contributed by atoms with E-state index in [1.165, 1.54) is 0 Å². The van der Waals surface area contributed by atoms with Gasteiger partial charge in [-0.2, -0.15) is 0 Å². The first-order chi connectivity index (χ1) is 11.5. The van der Waals surface area contributed by atoms with Crippen LogP contribution in [0.2, 0.25) is 0 Å². The van der Waals surface area contributed by atoms with Crippen LogP contribution in [0.15, 0.2) is 54.6 Å². The van der Waals surface area contributed by atoms with E-state index in [0.29, 0.717) is 29.8 Å². The molecule has 24 heavy (non-hydrogen) atoms. The molecule has 0 saturated heterocycles. The molecule has 0 heterocycles. The van der Waals surface area contributed by atoms with Crippen LogP contribution in [0.5, 0.6) is 5.75 Å². The molecule has 0 spiro atoms. The number of hydrogen-bond donors (Lipinski definition) is 1. The fraction of sp³-hybridized carbons (Fsp3) is 0.263. The van der Waals surface area contributed by atoms with Gasteiger partial charge < -0.3 is 14.7 Å². The molecule has 1 N–H and O–H groups in total. The van der Waals surface area contributed by atoms with Crippen molar-refractivity contribution in [2.24, 2.45) is 0 Å². The van der Waals surface area contributed by atoms with Gasteiger partial charge in [0, 0.05) is 0 Å². The highest BCUT2D eigenvalue weighted by atomic mass is 16.5. The van der Waals surface area contributed by atoms with Crippen LogP contribution in [0.1, 0.15) is 28.3 Å². The maximum absolute atomic E-state index is 12.1. The van der Waals surface area contributed by atoms with Crippen LogP contribution in [0, 0.1) is 0 Å². The third kappa shape index (κ3) is 4.93. The number of benzene rings is 2.